The van der Waals surface area contributed by atoms with Gasteiger partial charge in [-0.05, 0) is 47.4 Å². The van der Waals surface area contributed by atoms with Crippen LogP contribution in [0.1, 0.15) is 42.5 Å². The van der Waals surface area contributed by atoms with E-state index in [0.717, 1.165) is 18.4 Å². The number of Topliss-reactive ketones (excluding diaryl/α,β-unsaturated/α-hetero) is 1. The van der Waals surface area contributed by atoms with Crippen molar-refractivity contribution < 1.29 is 33.9 Å². The highest BCUT2D eigenvalue weighted by Gasteiger charge is 2.44. The third-order valence-electron chi connectivity index (χ3n) is 6.41. The lowest BCUT2D eigenvalue weighted by Gasteiger charge is -2.28. The Balaban J connectivity index is 1.59. The van der Waals surface area contributed by atoms with Gasteiger partial charge in [0.25, 0.3) is 5.91 Å². The first-order chi connectivity index (χ1) is 18.1. The van der Waals surface area contributed by atoms with E-state index in [1.54, 1.807) is 36.7 Å². The summed E-state index contributed by atoms with van der Waals surface area (Å²) in [6.45, 7) is 3.60. The van der Waals surface area contributed by atoms with Gasteiger partial charge in [0.2, 0.25) is 5.78 Å². The Morgan fingerprint density at radius 3 is 2.62 bits per heavy atom. The van der Waals surface area contributed by atoms with Crippen LogP contribution in [0.3, 0.4) is 0 Å². The van der Waals surface area contributed by atoms with Gasteiger partial charge in [0, 0.05) is 24.3 Å². The fourth-order valence-corrected chi connectivity index (χ4v) is 4.55. The number of nitrogens with zero attached hydrogens (tertiary/aromatic N) is 1. The van der Waals surface area contributed by atoms with E-state index in [4.69, 9.17) is 14.2 Å². The first kappa shape index (κ1) is 24.4. The second-order valence-corrected chi connectivity index (χ2v) is 8.95. The number of likely N-dealkylation sites (tertiary alicyclic amines) is 1. The van der Waals surface area contributed by atoms with Gasteiger partial charge >= 0.3 is 0 Å². The maximum Gasteiger partial charge on any atom is 0.295 e. The predicted octanol–water partition coefficient (Wildman–Crippen LogP) is 2.88. The summed E-state index contributed by atoms with van der Waals surface area (Å²) in [4.78, 5) is 31.0. The van der Waals surface area contributed by atoms with E-state index in [0.29, 0.717) is 42.6 Å². The van der Waals surface area contributed by atoms with Gasteiger partial charge in [-0.15, -0.1) is 0 Å². The molecule has 2 aliphatic rings. The van der Waals surface area contributed by atoms with Crippen molar-refractivity contribution in [1.29, 1.82) is 0 Å². The number of hydrogen-bond donors (Lipinski definition) is 0. The molecular weight excluding hydrogens is 472 g/mol. The van der Waals surface area contributed by atoms with Gasteiger partial charge in [0.15, 0.2) is 23.9 Å². The Morgan fingerprint density at radius 1 is 1.05 bits per heavy atom. The zero-order chi connectivity index (χ0) is 25.8. The second-order valence-electron chi connectivity index (χ2n) is 8.95. The number of unbranched alkanes of at least 4 members (excludes halogenated alkanes) is 1. The summed E-state index contributed by atoms with van der Waals surface area (Å²) in [6, 6.07) is 14.9. The molecule has 190 valence electrons. The summed E-state index contributed by atoms with van der Waals surface area (Å²) in [5, 5.41) is 13.8. The van der Waals surface area contributed by atoms with Crippen LogP contribution in [-0.4, -0.2) is 36.4 Å². The van der Waals surface area contributed by atoms with Crippen LogP contribution >= 0.6 is 0 Å². The number of hydrogen-bond acceptors (Lipinski definition) is 6. The van der Waals surface area contributed by atoms with Crippen molar-refractivity contribution in [3.8, 4) is 17.2 Å². The summed E-state index contributed by atoms with van der Waals surface area (Å²) < 4.78 is 17.1. The fourth-order valence-electron chi connectivity index (χ4n) is 4.55. The molecule has 37 heavy (non-hydrogen) atoms. The fraction of sp³-hybridized carbons (Fsp3) is 0.276. The molecular formula is C29H28N2O6. The molecule has 2 aromatic carbocycles. The van der Waals surface area contributed by atoms with E-state index < -0.39 is 23.5 Å². The number of ether oxygens (including phenoxy) is 3. The van der Waals surface area contributed by atoms with Gasteiger partial charge in [-0.2, -0.15) is 0 Å². The lowest BCUT2D eigenvalue weighted by molar-refractivity contribution is -0.378. The molecule has 1 N–H and O–H groups in total. The molecule has 8 heteroatoms. The second kappa shape index (κ2) is 10.7. The van der Waals surface area contributed by atoms with Gasteiger partial charge in [-0.3, -0.25) is 9.59 Å². The third kappa shape index (κ3) is 5.00. The normalized spacial score (nSPS) is 18.2. The molecule has 0 spiro atoms. The molecule has 1 amide bonds. The number of aromatic nitrogens is 1. The van der Waals surface area contributed by atoms with Crippen LogP contribution in [0.15, 0.2) is 72.6 Å². The molecule has 1 atom stereocenters. The molecule has 3 heterocycles. The van der Waals surface area contributed by atoms with Crippen molar-refractivity contribution in [1.82, 2.24) is 4.90 Å². The number of H-pyrrole nitrogens is 1. The van der Waals surface area contributed by atoms with Gasteiger partial charge in [-0.1, -0.05) is 37.3 Å². The standard InChI is InChI=1S/C29H28N2O6/c1-2-3-13-35-22-6-4-5-20(16-22)26-25(27(32)21-7-8-23-24(17-21)37-15-14-36-23)28(33)29(34)31(26)18-19-9-11-30-12-10-19/h4-12,16-17,26,32H,2-3,13-15,18H2,1H3. The van der Waals surface area contributed by atoms with E-state index in [1.165, 1.54) is 4.90 Å². The van der Waals surface area contributed by atoms with E-state index in [-0.39, 0.29) is 17.7 Å². The van der Waals surface area contributed by atoms with Crippen molar-refractivity contribution in [2.45, 2.75) is 32.4 Å². The number of carbonyl (C=O) groups excluding carboxylic acids is 2. The number of amides is 1. The number of fused-ring (bicyclic) bond motifs is 1. The number of nitrogens with one attached hydrogen (secondary N) is 1. The monoisotopic (exact) mass is 500 g/mol. The molecule has 2 aliphatic heterocycles. The Morgan fingerprint density at radius 2 is 1.84 bits per heavy atom. The smallest absolute Gasteiger partial charge is 0.295 e. The Labute approximate surface area is 215 Å². The molecule has 0 radical (unpaired) electrons. The number of ketones is 1. The highest BCUT2D eigenvalue weighted by Crippen LogP contribution is 2.41. The van der Waals surface area contributed by atoms with Crippen molar-refractivity contribution >= 4 is 17.4 Å². The highest BCUT2D eigenvalue weighted by atomic mass is 16.6. The first-order valence-electron chi connectivity index (χ1n) is 12.4. The van der Waals surface area contributed by atoms with Crippen LogP contribution < -0.4 is 24.3 Å². The minimum absolute atomic E-state index is 0.0881. The van der Waals surface area contributed by atoms with E-state index >= 15 is 0 Å². The summed E-state index contributed by atoms with van der Waals surface area (Å²) in [6.07, 6.45) is 5.40. The van der Waals surface area contributed by atoms with Crippen LogP contribution in [0.2, 0.25) is 0 Å². The molecule has 0 bridgehead atoms. The molecule has 3 aromatic rings. The molecule has 5 rings (SSSR count). The van der Waals surface area contributed by atoms with Crippen LogP contribution in [0.5, 0.6) is 17.2 Å². The van der Waals surface area contributed by atoms with Crippen LogP contribution in [0, 0.1) is 0 Å². The Kier molecular flexibility index (Phi) is 7.07. The number of pyridine rings is 1. The molecule has 1 saturated heterocycles. The lowest BCUT2D eigenvalue weighted by Crippen LogP contribution is -2.29. The summed E-state index contributed by atoms with van der Waals surface area (Å²) in [5.74, 6) is -0.423. The average molecular weight is 501 g/mol. The van der Waals surface area contributed by atoms with Crippen molar-refractivity contribution in [2.24, 2.45) is 0 Å². The van der Waals surface area contributed by atoms with Gasteiger partial charge in [0.05, 0.1) is 12.6 Å². The molecule has 0 aliphatic carbocycles. The quantitative estimate of drug-likeness (QED) is 0.204. The SMILES string of the molecule is CCCCOc1cccc(C2C(=C([O-])c3ccc4c(c3)OCCO4)C(=O)C(=O)N2Cc2cc[nH+]cc2)c1. The summed E-state index contributed by atoms with van der Waals surface area (Å²) >= 11 is 0. The minimum Gasteiger partial charge on any atom is -0.872 e. The van der Waals surface area contributed by atoms with Gasteiger partial charge in [-0.25, -0.2) is 4.98 Å². The predicted molar refractivity (Wildman–Crippen MR) is 132 cm³/mol. The number of carbonyl (C=O) groups is 2. The molecule has 1 fully saturated rings. The average Bonchev–Trinajstić information content (AvgIpc) is 3.18. The van der Waals surface area contributed by atoms with Crippen molar-refractivity contribution in [3.05, 3.63) is 89.3 Å². The highest BCUT2D eigenvalue weighted by molar-refractivity contribution is 6.46. The van der Waals surface area contributed by atoms with E-state index in [2.05, 4.69) is 11.9 Å². The first-order valence-corrected chi connectivity index (χ1v) is 12.4. The Bertz CT molecular complexity index is 1340. The van der Waals surface area contributed by atoms with Gasteiger partial charge < -0.3 is 24.2 Å². The zero-order valence-corrected chi connectivity index (χ0v) is 20.6. The maximum absolute atomic E-state index is 13.8. The molecule has 1 aromatic heterocycles. The lowest BCUT2D eigenvalue weighted by atomic mass is 9.95. The number of aromatic amines is 1. The van der Waals surface area contributed by atoms with Crippen LogP contribution in [0.4, 0.5) is 0 Å². The maximum atomic E-state index is 13.8. The van der Waals surface area contributed by atoms with Gasteiger partial charge in [0.1, 0.15) is 19.0 Å². The largest absolute Gasteiger partial charge is 0.872 e. The third-order valence-corrected chi connectivity index (χ3v) is 6.41. The van der Waals surface area contributed by atoms with Crippen LogP contribution in [0.25, 0.3) is 5.76 Å². The summed E-state index contributed by atoms with van der Waals surface area (Å²) in [5.41, 5.74) is 1.64. The molecule has 0 saturated carbocycles. The van der Waals surface area contributed by atoms with E-state index in [9.17, 15) is 14.7 Å². The zero-order valence-electron chi connectivity index (χ0n) is 20.6. The number of benzene rings is 2. The topological polar surface area (TPSA) is 102 Å². The minimum atomic E-state index is -0.861. The Hall–Kier alpha value is -4.33. The molecule has 1 unspecified atom stereocenters. The number of rotatable bonds is 8. The summed E-state index contributed by atoms with van der Waals surface area (Å²) in [7, 11) is 0. The van der Waals surface area contributed by atoms with Crippen LogP contribution in [-0.2, 0) is 16.1 Å². The van der Waals surface area contributed by atoms with Crippen molar-refractivity contribution in [2.75, 3.05) is 19.8 Å². The van der Waals surface area contributed by atoms with Crippen molar-refractivity contribution in [3.63, 3.8) is 0 Å². The van der Waals surface area contributed by atoms with E-state index in [1.807, 2.05) is 30.3 Å². The molecule has 8 nitrogen and oxygen atoms in total.